The van der Waals surface area contributed by atoms with Gasteiger partial charge in [0.15, 0.2) is 0 Å². The van der Waals surface area contributed by atoms with Gasteiger partial charge in [0.05, 0.1) is 12.3 Å². The number of hydrogen-bond acceptors (Lipinski definition) is 8. The van der Waals surface area contributed by atoms with Gasteiger partial charge in [0.1, 0.15) is 26.7 Å². The lowest BCUT2D eigenvalue weighted by Gasteiger charge is -2.09. The van der Waals surface area contributed by atoms with Crippen LogP contribution in [0.5, 0.6) is 0 Å². The summed E-state index contributed by atoms with van der Waals surface area (Å²) in [4.78, 5) is 39.1. The molecular formula is C29H21N3O5S. The van der Waals surface area contributed by atoms with E-state index < -0.39 is 17.5 Å². The highest BCUT2D eigenvalue weighted by atomic mass is 32.1. The smallest absolute Gasteiger partial charge is 0.349 e. The lowest BCUT2D eigenvalue weighted by atomic mass is 10.0. The molecule has 5 aromatic rings. The molecule has 0 bridgehead atoms. The van der Waals surface area contributed by atoms with E-state index in [1.165, 1.54) is 6.07 Å². The minimum absolute atomic E-state index is 0.128. The van der Waals surface area contributed by atoms with E-state index in [9.17, 15) is 14.4 Å². The summed E-state index contributed by atoms with van der Waals surface area (Å²) in [6, 6.07) is 26.7. The van der Waals surface area contributed by atoms with Crippen molar-refractivity contribution in [2.45, 2.75) is 6.92 Å². The van der Waals surface area contributed by atoms with Gasteiger partial charge in [-0.05, 0) is 36.8 Å². The number of anilines is 1. The lowest BCUT2D eigenvalue weighted by Crippen LogP contribution is -2.21. The Bertz CT molecular complexity index is 1710. The van der Waals surface area contributed by atoms with Crippen LogP contribution in [0.2, 0.25) is 0 Å². The number of fused-ring (bicyclic) bond motifs is 1. The highest BCUT2D eigenvalue weighted by Gasteiger charge is 2.28. The number of nitrogens with zero attached hydrogens (tertiary/aromatic N) is 2. The number of rotatable bonds is 7. The van der Waals surface area contributed by atoms with Crippen LogP contribution in [0.4, 0.5) is 15.7 Å². The molecule has 9 heteroatoms. The number of amides is 1. The molecule has 0 fully saturated rings. The first-order valence-corrected chi connectivity index (χ1v) is 12.6. The predicted octanol–water partition coefficient (Wildman–Crippen LogP) is 7.37. The summed E-state index contributed by atoms with van der Waals surface area (Å²) >= 11 is 1.06. The number of esters is 1. The number of hydrogen-bond donors (Lipinski definition) is 1. The van der Waals surface area contributed by atoms with Gasteiger partial charge in [-0.15, -0.1) is 10.2 Å². The molecule has 0 aliphatic rings. The summed E-state index contributed by atoms with van der Waals surface area (Å²) in [5, 5.41) is 12.6. The Labute approximate surface area is 221 Å². The van der Waals surface area contributed by atoms with Crippen molar-refractivity contribution in [1.29, 1.82) is 0 Å². The molecule has 0 unspecified atom stereocenters. The Kier molecular flexibility index (Phi) is 7.19. The maximum absolute atomic E-state index is 13.3. The Balaban J connectivity index is 1.63. The van der Waals surface area contributed by atoms with Crippen molar-refractivity contribution in [3.8, 4) is 11.1 Å². The number of thiophene rings is 1. The molecule has 0 spiro atoms. The first-order chi connectivity index (χ1) is 18.5. The fourth-order valence-electron chi connectivity index (χ4n) is 3.84. The van der Waals surface area contributed by atoms with Crippen molar-refractivity contribution in [3.05, 3.63) is 113 Å². The third-order valence-corrected chi connectivity index (χ3v) is 6.55. The number of carbonyl (C=O) groups excluding carboxylic acids is 2. The van der Waals surface area contributed by atoms with E-state index in [0.717, 1.165) is 11.3 Å². The van der Waals surface area contributed by atoms with Crippen LogP contribution in [-0.2, 0) is 4.74 Å². The predicted molar refractivity (Wildman–Crippen MR) is 147 cm³/mol. The summed E-state index contributed by atoms with van der Waals surface area (Å²) < 4.78 is 10.7. The van der Waals surface area contributed by atoms with Crippen LogP contribution in [0.15, 0.2) is 110 Å². The highest BCUT2D eigenvalue weighted by molar-refractivity contribution is 7.21. The van der Waals surface area contributed by atoms with Gasteiger partial charge in [-0.3, -0.25) is 4.79 Å². The summed E-state index contributed by atoms with van der Waals surface area (Å²) in [7, 11) is 0. The van der Waals surface area contributed by atoms with Crippen molar-refractivity contribution in [2.75, 3.05) is 11.9 Å². The molecule has 0 atom stereocenters. The first kappa shape index (κ1) is 24.8. The maximum atomic E-state index is 13.3. The van der Waals surface area contributed by atoms with Gasteiger partial charge >= 0.3 is 11.6 Å². The van der Waals surface area contributed by atoms with Crippen molar-refractivity contribution >= 4 is 49.9 Å². The molecule has 0 aliphatic carbocycles. The van der Waals surface area contributed by atoms with Crippen LogP contribution in [0.25, 0.3) is 22.1 Å². The Morgan fingerprint density at radius 1 is 0.921 bits per heavy atom. The Hall–Kier alpha value is -4.89. The van der Waals surface area contributed by atoms with Gasteiger partial charge in [0, 0.05) is 10.9 Å². The second kappa shape index (κ2) is 11.0. The molecule has 38 heavy (non-hydrogen) atoms. The van der Waals surface area contributed by atoms with E-state index in [1.807, 2.05) is 48.5 Å². The van der Waals surface area contributed by atoms with Crippen LogP contribution in [0, 0.1) is 0 Å². The van der Waals surface area contributed by atoms with E-state index in [0.29, 0.717) is 32.8 Å². The maximum Gasteiger partial charge on any atom is 0.349 e. The second-order valence-electron chi connectivity index (χ2n) is 8.05. The van der Waals surface area contributed by atoms with Crippen LogP contribution < -0.4 is 10.9 Å². The number of ether oxygens (including phenoxy) is 1. The van der Waals surface area contributed by atoms with E-state index in [-0.39, 0.29) is 22.7 Å². The van der Waals surface area contributed by atoms with Crippen molar-refractivity contribution < 1.29 is 18.7 Å². The fourth-order valence-corrected chi connectivity index (χ4v) is 4.86. The van der Waals surface area contributed by atoms with Gasteiger partial charge in [0.25, 0.3) is 5.91 Å². The van der Waals surface area contributed by atoms with Crippen LogP contribution in [0.3, 0.4) is 0 Å². The molecule has 0 aliphatic heterocycles. The van der Waals surface area contributed by atoms with Crippen molar-refractivity contribution in [3.63, 3.8) is 0 Å². The van der Waals surface area contributed by atoms with Gasteiger partial charge in [-0.25, -0.2) is 9.59 Å². The number of azo groups is 1. The van der Waals surface area contributed by atoms with Gasteiger partial charge < -0.3 is 14.5 Å². The zero-order chi connectivity index (χ0) is 26.5. The molecule has 2 aromatic heterocycles. The molecule has 0 saturated heterocycles. The van der Waals surface area contributed by atoms with Crippen molar-refractivity contribution in [2.24, 2.45) is 10.2 Å². The molecule has 0 saturated carbocycles. The van der Waals surface area contributed by atoms with E-state index in [1.54, 1.807) is 43.3 Å². The molecular weight excluding hydrogens is 502 g/mol. The lowest BCUT2D eigenvalue weighted by molar-refractivity contribution is 0.0529. The fraction of sp³-hybridized carbons (Fsp3) is 0.0690. The monoisotopic (exact) mass is 523 g/mol. The largest absolute Gasteiger partial charge is 0.462 e. The molecule has 5 rings (SSSR count). The summed E-state index contributed by atoms with van der Waals surface area (Å²) in [5.74, 6) is -1.35. The average molecular weight is 524 g/mol. The Morgan fingerprint density at radius 2 is 1.61 bits per heavy atom. The SMILES string of the molecule is CCOC(=O)c1c(NC(=O)c2cc3ccccc3oc2=O)sc(N=Nc2ccccc2)c1-c1ccccc1. The number of carbonyl (C=O) groups is 2. The summed E-state index contributed by atoms with van der Waals surface area (Å²) in [5.41, 5.74) is 1.30. The molecule has 1 amide bonds. The topological polar surface area (TPSA) is 110 Å². The average Bonchev–Trinajstić information content (AvgIpc) is 3.30. The highest BCUT2D eigenvalue weighted by Crippen LogP contribution is 2.47. The minimum atomic E-state index is -0.789. The van der Waals surface area contributed by atoms with E-state index >= 15 is 0 Å². The third kappa shape index (κ3) is 5.14. The quantitative estimate of drug-likeness (QED) is 0.136. The zero-order valence-corrected chi connectivity index (χ0v) is 21.0. The summed E-state index contributed by atoms with van der Waals surface area (Å²) in [6.45, 7) is 1.83. The summed E-state index contributed by atoms with van der Waals surface area (Å²) in [6.07, 6.45) is 0. The standard InChI is InChI=1S/C29H21N3O5S/c1-2-36-29(35)24-23(18-11-5-3-6-12-18)27(32-31-20-14-7-4-8-15-20)38-26(24)30-25(33)21-17-19-13-9-10-16-22(19)37-28(21)34/h3-17H,2H2,1H3,(H,30,33). The Morgan fingerprint density at radius 3 is 2.34 bits per heavy atom. The van der Waals surface area contributed by atoms with Gasteiger partial charge in [0.2, 0.25) is 0 Å². The minimum Gasteiger partial charge on any atom is -0.462 e. The van der Waals surface area contributed by atoms with Crippen LogP contribution in [0.1, 0.15) is 27.6 Å². The molecule has 2 heterocycles. The first-order valence-electron chi connectivity index (χ1n) is 11.8. The molecule has 0 radical (unpaired) electrons. The van der Waals surface area contributed by atoms with Crippen LogP contribution >= 0.6 is 11.3 Å². The normalized spacial score (nSPS) is 11.1. The van der Waals surface area contributed by atoms with Crippen molar-refractivity contribution in [1.82, 2.24) is 0 Å². The number of nitrogens with one attached hydrogen (secondary N) is 1. The number of para-hydroxylation sites is 1. The molecule has 3 aromatic carbocycles. The van der Waals surface area contributed by atoms with Gasteiger partial charge in [-0.2, -0.15) is 0 Å². The molecule has 188 valence electrons. The molecule has 1 N–H and O–H groups in total. The van der Waals surface area contributed by atoms with E-state index in [4.69, 9.17) is 9.15 Å². The van der Waals surface area contributed by atoms with E-state index in [2.05, 4.69) is 15.5 Å². The zero-order valence-electron chi connectivity index (χ0n) is 20.2. The second-order valence-corrected chi connectivity index (χ2v) is 9.05. The van der Waals surface area contributed by atoms with Crippen LogP contribution in [-0.4, -0.2) is 18.5 Å². The van der Waals surface area contributed by atoms with Gasteiger partial charge in [-0.1, -0.05) is 78.1 Å². The third-order valence-electron chi connectivity index (χ3n) is 5.56. The molecule has 8 nitrogen and oxygen atoms in total. The number of benzene rings is 3.